The van der Waals surface area contributed by atoms with Crippen molar-refractivity contribution in [3.63, 3.8) is 0 Å². The molecular weight excluding hydrogens is 424 g/mol. The lowest BCUT2D eigenvalue weighted by Crippen LogP contribution is -2.52. The van der Waals surface area contributed by atoms with Crippen LogP contribution in [0.1, 0.15) is 29.9 Å². The molecule has 33 heavy (non-hydrogen) atoms. The van der Waals surface area contributed by atoms with Gasteiger partial charge in [0.05, 0.1) is 25.2 Å². The van der Waals surface area contributed by atoms with Gasteiger partial charge in [0, 0.05) is 13.0 Å². The molecule has 1 saturated heterocycles. The minimum absolute atomic E-state index is 0.0585. The first kappa shape index (κ1) is 21.5. The van der Waals surface area contributed by atoms with Crippen LogP contribution in [0.25, 0.3) is 11.1 Å². The van der Waals surface area contributed by atoms with Crippen LogP contribution < -0.4 is 5.32 Å². The zero-order valence-electron chi connectivity index (χ0n) is 18.3. The van der Waals surface area contributed by atoms with Gasteiger partial charge in [-0.1, -0.05) is 48.5 Å². The highest BCUT2D eigenvalue weighted by atomic mass is 16.5. The number of hydrogen-bond donors (Lipinski definition) is 2. The van der Waals surface area contributed by atoms with E-state index >= 15 is 0 Å². The quantitative estimate of drug-likeness (QED) is 0.701. The second kappa shape index (κ2) is 8.19. The summed E-state index contributed by atoms with van der Waals surface area (Å²) in [5, 5.41) is 12.2. The highest BCUT2D eigenvalue weighted by Crippen LogP contribution is 2.44. The molecule has 1 saturated carbocycles. The Kier molecular flexibility index (Phi) is 5.32. The molecule has 2 N–H and O–H groups in total. The third-order valence-corrected chi connectivity index (χ3v) is 7.14. The molecule has 8 heteroatoms. The van der Waals surface area contributed by atoms with Crippen LogP contribution >= 0.6 is 0 Å². The maximum Gasteiger partial charge on any atom is 0.407 e. The Morgan fingerprint density at radius 1 is 1.06 bits per heavy atom. The van der Waals surface area contributed by atoms with E-state index in [9.17, 15) is 19.5 Å². The van der Waals surface area contributed by atoms with Crippen LogP contribution in [0.15, 0.2) is 48.5 Å². The highest BCUT2D eigenvalue weighted by Gasteiger charge is 2.57. The van der Waals surface area contributed by atoms with Crippen LogP contribution in [0.2, 0.25) is 0 Å². The molecule has 2 aromatic carbocycles. The number of alkyl carbamates (subject to hydrolysis) is 1. The topological polar surface area (TPSA) is 105 Å². The smallest absolute Gasteiger partial charge is 0.407 e. The number of rotatable bonds is 6. The van der Waals surface area contributed by atoms with Gasteiger partial charge in [0.15, 0.2) is 0 Å². The summed E-state index contributed by atoms with van der Waals surface area (Å²) in [5.41, 5.74) is 3.40. The van der Waals surface area contributed by atoms with Crippen molar-refractivity contribution in [2.75, 3.05) is 26.9 Å². The molecule has 8 nitrogen and oxygen atoms in total. The molecule has 1 aliphatic heterocycles. The van der Waals surface area contributed by atoms with Gasteiger partial charge < -0.3 is 24.8 Å². The van der Waals surface area contributed by atoms with E-state index in [-0.39, 0.29) is 31.6 Å². The predicted octanol–water partition coefficient (Wildman–Crippen LogP) is 2.62. The number of amides is 2. The molecule has 0 spiro atoms. The third-order valence-electron chi connectivity index (χ3n) is 7.14. The number of fused-ring (bicyclic) bond motifs is 3. The maximum atomic E-state index is 13.0. The summed E-state index contributed by atoms with van der Waals surface area (Å²) in [5.74, 6) is -2.04. The van der Waals surface area contributed by atoms with Crippen molar-refractivity contribution in [1.82, 2.24) is 10.2 Å². The number of carbonyl (C=O) groups excluding carboxylic acids is 2. The third kappa shape index (κ3) is 3.64. The van der Waals surface area contributed by atoms with Gasteiger partial charge in [-0.25, -0.2) is 9.59 Å². The lowest BCUT2D eigenvalue weighted by molar-refractivity contribution is -0.152. The molecule has 0 radical (unpaired) electrons. The van der Waals surface area contributed by atoms with Gasteiger partial charge in [-0.05, 0) is 35.1 Å². The molecule has 1 heterocycles. The van der Waals surface area contributed by atoms with Crippen molar-refractivity contribution in [2.45, 2.75) is 30.3 Å². The largest absolute Gasteiger partial charge is 0.479 e. The van der Waals surface area contributed by atoms with Gasteiger partial charge in [-0.15, -0.1) is 0 Å². The zero-order chi connectivity index (χ0) is 23.2. The predicted molar refractivity (Wildman–Crippen MR) is 119 cm³/mol. The Balaban J connectivity index is 1.23. The molecule has 2 amide bonds. The van der Waals surface area contributed by atoms with E-state index in [0.717, 1.165) is 22.3 Å². The number of carboxylic acids is 1. The fourth-order valence-corrected chi connectivity index (χ4v) is 5.00. The fraction of sp³-hybridized carbons (Fsp3) is 0.400. The number of nitrogens with one attached hydrogen (secondary N) is 1. The van der Waals surface area contributed by atoms with Crippen molar-refractivity contribution in [3.8, 4) is 11.1 Å². The first-order chi connectivity index (χ1) is 15.9. The standard InChI is InChI=1S/C25H26N2O6/c1-27(25(10-11-25)23(29)30)22(28)20-12-32-14-21(20)26-24(31)33-13-19-17-8-4-2-6-15(17)16-7-3-5-9-18(16)19/h2-9,19-21H,10-14H2,1H3,(H,26,31)(H,29,30). The molecule has 0 bridgehead atoms. The van der Waals surface area contributed by atoms with Crippen LogP contribution in [-0.2, 0) is 19.1 Å². The summed E-state index contributed by atoms with van der Waals surface area (Å²) in [4.78, 5) is 38.5. The van der Waals surface area contributed by atoms with Crippen LogP contribution in [-0.4, -0.2) is 66.4 Å². The number of likely N-dealkylation sites (N-methyl/N-ethyl adjacent to an activating group) is 1. The summed E-state index contributed by atoms with van der Waals surface area (Å²) in [6, 6.07) is 15.6. The van der Waals surface area contributed by atoms with Crippen molar-refractivity contribution >= 4 is 18.0 Å². The summed E-state index contributed by atoms with van der Waals surface area (Å²) < 4.78 is 11.0. The lowest BCUT2D eigenvalue weighted by Gasteiger charge is -2.29. The molecule has 2 atom stereocenters. The minimum Gasteiger partial charge on any atom is -0.479 e. The van der Waals surface area contributed by atoms with Gasteiger partial charge in [0.1, 0.15) is 12.1 Å². The van der Waals surface area contributed by atoms with Crippen molar-refractivity contribution in [1.29, 1.82) is 0 Å². The van der Waals surface area contributed by atoms with Gasteiger partial charge in [0.2, 0.25) is 5.91 Å². The van der Waals surface area contributed by atoms with Crippen LogP contribution in [0.5, 0.6) is 0 Å². The van der Waals surface area contributed by atoms with Crippen molar-refractivity contribution < 1.29 is 29.0 Å². The number of carboxylic acid groups (broad SMARTS) is 1. The first-order valence-electron chi connectivity index (χ1n) is 11.1. The Morgan fingerprint density at radius 3 is 2.24 bits per heavy atom. The summed E-state index contributed by atoms with van der Waals surface area (Å²) >= 11 is 0. The normalized spacial score (nSPS) is 22.2. The zero-order valence-corrected chi connectivity index (χ0v) is 18.3. The van der Waals surface area contributed by atoms with E-state index < -0.39 is 29.6 Å². The van der Waals surface area contributed by atoms with Crippen LogP contribution in [0.3, 0.4) is 0 Å². The van der Waals surface area contributed by atoms with E-state index in [4.69, 9.17) is 9.47 Å². The number of nitrogens with zero attached hydrogens (tertiary/aromatic N) is 1. The van der Waals surface area contributed by atoms with Crippen LogP contribution in [0, 0.1) is 5.92 Å². The minimum atomic E-state index is -1.13. The number of ether oxygens (including phenoxy) is 2. The van der Waals surface area contributed by atoms with E-state index in [1.807, 2.05) is 36.4 Å². The summed E-state index contributed by atoms with van der Waals surface area (Å²) in [6.45, 7) is 0.482. The monoisotopic (exact) mass is 450 g/mol. The first-order valence-corrected chi connectivity index (χ1v) is 11.1. The van der Waals surface area contributed by atoms with Crippen molar-refractivity contribution in [3.05, 3.63) is 59.7 Å². The molecule has 2 aliphatic carbocycles. The second-order valence-corrected chi connectivity index (χ2v) is 8.95. The van der Waals surface area contributed by atoms with Gasteiger partial charge in [-0.2, -0.15) is 0 Å². The molecular formula is C25H26N2O6. The number of benzene rings is 2. The fourth-order valence-electron chi connectivity index (χ4n) is 5.00. The Labute approximate surface area is 191 Å². The molecule has 2 unspecified atom stereocenters. The average molecular weight is 450 g/mol. The summed E-state index contributed by atoms with van der Waals surface area (Å²) in [7, 11) is 1.51. The van der Waals surface area contributed by atoms with Crippen molar-refractivity contribution in [2.24, 2.45) is 5.92 Å². The number of hydrogen-bond acceptors (Lipinski definition) is 5. The highest BCUT2D eigenvalue weighted by molar-refractivity contribution is 5.91. The van der Waals surface area contributed by atoms with Gasteiger partial charge in [-0.3, -0.25) is 4.79 Å². The van der Waals surface area contributed by atoms with E-state index in [0.29, 0.717) is 12.8 Å². The molecule has 2 fully saturated rings. The lowest BCUT2D eigenvalue weighted by atomic mass is 9.98. The van der Waals surface area contributed by atoms with Crippen LogP contribution in [0.4, 0.5) is 4.79 Å². The Hall–Kier alpha value is -3.39. The van der Waals surface area contributed by atoms with Gasteiger partial charge >= 0.3 is 12.1 Å². The number of carbonyl (C=O) groups is 3. The molecule has 0 aromatic heterocycles. The molecule has 172 valence electrons. The Morgan fingerprint density at radius 2 is 1.67 bits per heavy atom. The van der Waals surface area contributed by atoms with E-state index in [1.54, 1.807) is 0 Å². The average Bonchev–Trinajstić information content (AvgIpc) is 3.42. The number of aliphatic carboxylic acids is 1. The molecule has 5 rings (SSSR count). The SMILES string of the molecule is CN(C(=O)C1COCC1NC(=O)OCC1c2ccccc2-c2ccccc21)C1(C(=O)O)CC1. The summed E-state index contributed by atoms with van der Waals surface area (Å²) in [6.07, 6.45) is 0.248. The van der Waals surface area contributed by atoms with E-state index in [1.165, 1.54) is 11.9 Å². The Bertz CT molecular complexity index is 1070. The van der Waals surface area contributed by atoms with E-state index in [2.05, 4.69) is 17.4 Å². The van der Waals surface area contributed by atoms with Gasteiger partial charge in [0.25, 0.3) is 0 Å². The molecule has 3 aliphatic rings. The molecule has 2 aromatic rings. The maximum absolute atomic E-state index is 13.0. The second-order valence-electron chi connectivity index (χ2n) is 8.95.